The molecule has 1 nitrogen and oxygen atoms in total. The Balaban J connectivity index is 1.76. The first kappa shape index (κ1) is 13.2. The molecule has 1 heteroatoms. The first-order chi connectivity index (χ1) is 9.72. The van der Waals surface area contributed by atoms with Gasteiger partial charge in [-0.2, -0.15) is 0 Å². The Labute approximate surface area is 121 Å². The molecule has 20 heavy (non-hydrogen) atoms. The topological polar surface area (TPSA) is 20.2 Å². The zero-order valence-corrected chi connectivity index (χ0v) is 12.0. The van der Waals surface area contributed by atoms with Gasteiger partial charge in [0.15, 0.2) is 0 Å². The summed E-state index contributed by atoms with van der Waals surface area (Å²) in [5.41, 5.74) is 3.86. The molecular formula is C19H22O. The lowest BCUT2D eigenvalue weighted by Gasteiger charge is -2.26. The normalized spacial score (nSPS) is 22.6. The van der Waals surface area contributed by atoms with Crippen LogP contribution < -0.4 is 0 Å². The number of hydrogen-bond donors (Lipinski definition) is 1. The molecule has 0 saturated heterocycles. The van der Waals surface area contributed by atoms with Gasteiger partial charge < -0.3 is 5.11 Å². The molecule has 104 valence electrons. The van der Waals surface area contributed by atoms with Gasteiger partial charge in [-0.25, -0.2) is 0 Å². The summed E-state index contributed by atoms with van der Waals surface area (Å²) in [5.74, 6) is 1.98. The molecule has 0 aliphatic heterocycles. The van der Waals surface area contributed by atoms with Gasteiger partial charge in [-0.15, -0.1) is 0 Å². The van der Waals surface area contributed by atoms with E-state index in [0.29, 0.717) is 5.75 Å². The minimum absolute atomic E-state index is 0.321. The van der Waals surface area contributed by atoms with Crippen molar-refractivity contribution in [3.8, 4) is 16.9 Å². The molecule has 0 bridgehead atoms. The van der Waals surface area contributed by atoms with Crippen LogP contribution in [-0.2, 0) is 0 Å². The molecule has 1 aliphatic rings. The highest BCUT2D eigenvalue weighted by atomic mass is 16.3. The average molecular weight is 266 g/mol. The molecule has 1 N–H and O–H groups in total. The first-order valence-electron chi connectivity index (χ1n) is 7.62. The number of aromatic hydroxyl groups is 1. The average Bonchev–Trinajstić information content (AvgIpc) is 2.49. The summed E-state index contributed by atoms with van der Waals surface area (Å²) in [4.78, 5) is 0. The molecule has 2 aromatic rings. The Bertz CT molecular complexity index is 545. The second-order valence-corrected chi connectivity index (χ2v) is 6.13. The van der Waals surface area contributed by atoms with Gasteiger partial charge in [-0.3, -0.25) is 0 Å². The number of phenols is 1. The van der Waals surface area contributed by atoms with E-state index in [2.05, 4.69) is 31.2 Å². The molecule has 0 unspecified atom stereocenters. The first-order valence-corrected chi connectivity index (χ1v) is 7.62. The van der Waals surface area contributed by atoms with E-state index in [1.165, 1.54) is 36.8 Å². The lowest BCUT2D eigenvalue weighted by atomic mass is 9.79. The van der Waals surface area contributed by atoms with Crippen molar-refractivity contribution in [3.05, 3.63) is 54.1 Å². The van der Waals surface area contributed by atoms with Crippen LogP contribution >= 0.6 is 0 Å². The fourth-order valence-corrected chi connectivity index (χ4v) is 3.20. The highest BCUT2D eigenvalue weighted by molar-refractivity contribution is 5.64. The lowest BCUT2D eigenvalue weighted by Crippen LogP contribution is -2.10. The van der Waals surface area contributed by atoms with Gasteiger partial charge in [0.2, 0.25) is 0 Å². The molecule has 1 aliphatic carbocycles. The van der Waals surface area contributed by atoms with Crippen LogP contribution in [0.3, 0.4) is 0 Å². The molecule has 3 rings (SSSR count). The van der Waals surface area contributed by atoms with Crippen LogP contribution in [0.5, 0.6) is 5.75 Å². The van der Waals surface area contributed by atoms with Crippen molar-refractivity contribution in [2.24, 2.45) is 5.92 Å². The van der Waals surface area contributed by atoms with Gasteiger partial charge >= 0.3 is 0 Å². The smallest absolute Gasteiger partial charge is 0.115 e. The van der Waals surface area contributed by atoms with Crippen LogP contribution in [0.2, 0.25) is 0 Å². The maximum atomic E-state index is 9.34. The Hall–Kier alpha value is -1.76. The molecule has 1 saturated carbocycles. The maximum absolute atomic E-state index is 9.34. The van der Waals surface area contributed by atoms with E-state index in [0.717, 1.165) is 17.4 Å². The van der Waals surface area contributed by atoms with Gasteiger partial charge in [-0.1, -0.05) is 56.2 Å². The van der Waals surface area contributed by atoms with Crippen LogP contribution in [0.4, 0.5) is 0 Å². The summed E-state index contributed by atoms with van der Waals surface area (Å²) >= 11 is 0. The van der Waals surface area contributed by atoms with Crippen molar-refractivity contribution in [1.29, 1.82) is 0 Å². The zero-order valence-electron chi connectivity index (χ0n) is 12.0. The molecule has 0 heterocycles. The Morgan fingerprint density at radius 2 is 1.25 bits per heavy atom. The Morgan fingerprint density at radius 3 is 1.80 bits per heavy atom. The zero-order chi connectivity index (χ0) is 13.9. The second kappa shape index (κ2) is 5.70. The van der Waals surface area contributed by atoms with Crippen LogP contribution in [0.15, 0.2) is 48.5 Å². The Morgan fingerprint density at radius 1 is 0.750 bits per heavy atom. The molecule has 0 atom stereocenters. The summed E-state index contributed by atoms with van der Waals surface area (Å²) in [6.45, 7) is 2.37. The largest absolute Gasteiger partial charge is 0.508 e. The van der Waals surface area contributed by atoms with Crippen molar-refractivity contribution in [1.82, 2.24) is 0 Å². The van der Waals surface area contributed by atoms with E-state index in [1.807, 2.05) is 12.1 Å². The molecular weight excluding hydrogens is 244 g/mol. The summed E-state index contributed by atoms with van der Waals surface area (Å²) < 4.78 is 0. The van der Waals surface area contributed by atoms with Crippen molar-refractivity contribution in [2.45, 2.75) is 38.5 Å². The van der Waals surface area contributed by atoms with Gasteiger partial charge in [0.1, 0.15) is 5.75 Å². The van der Waals surface area contributed by atoms with Gasteiger partial charge in [0.05, 0.1) is 0 Å². The van der Waals surface area contributed by atoms with Crippen LogP contribution in [-0.4, -0.2) is 5.11 Å². The monoisotopic (exact) mass is 266 g/mol. The van der Waals surface area contributed by atoms with Crippen LogP contribution in [0, 0.1) is 5.92 Å². The predicted octanol–water partition coefficient (Wildman–Crippen LogP) is 5.35. The predicted molar refractivity (Wildman–Crippen MR) is 83.9 cm³/mol. The van der Waals surface area contributed by atoms with Crippen molar-refractivity contribution >= 4 is 0 Å². The summed E-state index contributed by atoms with van der Waals surface area (Å²) in [6.07, 6.45) is 5.40. The van der Waals surface area contributed by atoms with E-state index in [-0.39, 0.29) is 0 Å². The molecule has 2 aromatic carbocycles. The van der Waals surface area contributed by atoms with E-state index >= 15 is 0 Å². The molecule has 0 radical (unpaired) electrons. The minimum Gasteiger partial charge on any atom is -0.508 e. The Kier molecular flexibility index (Phi) is 3.77. The van der Waals surface area contributed by atoms with Crippen molar-refractivity contribution < 1.29 is 5.11 Å². The second-order valence-electron chi connectivity index (χ2n) is 6.13. The SMILES string of the molecule is CC1CCC(c2ccc(-c3ccc(O)cc3)cc2)CC1. The maximum Gasteiger partial charge on any atom is 0.115 e. The van der Waals surface area contributed by atoms with Crippen molar-refractivity contribution in [3.63, 3.8) is 0 Å². The summed E-state index contributed by atoms with van der Waals surface area (Å²) in [6, 6.07) is 16.4. The van der Waals surface area contributed by atoms with E-state index < -0.39 is 0 Å². The third kappa shape index (κ3) is 2.87. The third-order valence-electron chi connectivity index (χ3n) is 4.60. The third-order valence-corrected chi connectivity index (χ3v) is 4.60. The van der Waals surface area contributed by atoms with Gasteiger partial charge in [0, 0.05) is 0 Å². The highest BCUT2D eigenvalue weighted by Gasteiger charge is 2.19. The molecule has 0 amide bonds. The molecule has 0 aromatic heterocycles. The lowest BCUT2D eigenvalue weighted by molar-refractivity contribution is 0.348. The van der Waals surface area contributed by atoms with Crippen LogP contribution in [0.1, 0.15) is 44.1 Å². The van der Waals surface area contributed by atoms with E-state index in [1.54, 1.807) is 12.1 Å². The van der Waals surface area contributed by atoms with E-state index in [9.17, 15) is 5.11 Å². The number of rotatable bonds is 2. The molecule has 0 spiro atoms. The highest BCUT2D eigenvalue weighted by Crippen LogP contribution is 2.36. The minimum atomic E-state index is 0.321. The molecule has 1 fully saturated rings. The van der Waals surface area contributed by atoms with Gasteiger partial charge in [0.25, 0.3) is 0 Å². The van der Waals surface area contributed by atoms with Gasteiger partial charge in [-0.05, 0) is 53.5 Å². The quantitative estimate of drug-likeness (QED) is 0.776. The van der Waals surface area contributed by atoms with E-state index in [4.69, 9.17) is 0 Å². The number of phenolic OH excluding ortho intramolecular Hbond substituents is 1. The summed E-state index contributed by atoms with van der Waals surface area (Å²) in [5, 5.41) is 9.34. The number of hydrogen-bond acceptors (Lipinski definition) is 1. The fourth-order valence-electron chi connectivity index (χ4n) is 3.20. The van der Waals surface area contributed by atoms with Crippen LogP contribution in [0.25, 0.3) is 11.1 Å². The van der Waals surface area contributed by atoms with Crippen molar-refractivity contribution in [2.75, 3.05) is 0 Å². The number of benzene rings is 2. The summed E-state index contributed by atoms with van der Waals surface area (Å²) in [7, 11) is 0. The standard InChI is InChI=1S/C19H22O/c1-14-2-4-15(5-3-14)16-6-8-17(9-7-16)18-10-12-19(20)13-11-18/h6-15,20H,2-5H2,1H3. The fraction of sp³-hybridized carbons (Fsp3) is 0.368.